The minimum absolute atomic E-state index is 0.0341. The van der Waals surface area contributed by atoms with Crippen LogP contribution in [0.15, 0.2) is 30.5 Å². The van der Waals surface area contributed by atoms with Gasteiger partial charge in [-0.3, -0.25) is 0 Å². The first-order chi connectivity index (χ1) is 11.8. The van der Waals surface area contributed by atoms with Gasteiger partial charge in [0.05, 0.1) is 11.2 Å². The lowest BCUT2D eigenvalue weighted by atomic mass is 10.2. The molecule has 0 N–H and O–H groups in total. The molecular weight excluding hydrogens is 373 g/mol. The first kappa shape index (κ1) is 17.8. The van der Waals surface area contributed by atoms with Crippen molar-refractivity contribution in [2.45, 2.75) is 13.2 Å². The maximum Gasteiger partial charge on any atom is 0.387 e. The number of halogens is 4. The smallest absolute Gasteiger partial charge is 0.387 e. The monoisotopic (exact) mass is 386 g/mol. The third-order valence-corrected chi connectivity index (χ3v) is 3.88. The van der Waals surface area contributed by atoms with Gasteiger partial charge >= 0.3 is 6.61 Å². The van der Waals surface area contributed by atoms with Gasteiger partial charge < -0.3 is 9.64 Å². The lowest BCUT2D eigenvalue weighted by molar-refractivity contribution is -0.0498. The minimum Gasteiger partial charge on any atom is -0.433 e. The second kappa shape index (κ2) is 7.11. The number of benzene rings is 1. The van der Waals surface area contributed by atoms with E-state index in [1.165, 1.54) is 22.9 Å². The molecule has 3 rings (SSSR count). The van der Waals surface area contributed by atoms with Crippen LogP contribution in [0.3, 0.4) is 0 Å². The maximum absolute atomic E-state index is 12.7. The number of rotatable bonds is 5. The molecule has 0 unspecified atom stereocenters. The van der Waals surface area contributed by atoms with E-state index in [1.54, 1.807) is 12.3 Å². The quantitative estimate of drug-likeness (QED) is 0.609. The predicted molar refractivity (Wildman–Crippen MR) is 92.9 cm³/mol. The van der Waals surface area contributed by atoms with Crippen molar-refractivity contribution < 1.29 is 13.5 Å². The summed E-state index contributed by atoms with van der Waals surface area (Å²) < 4.78 is 31.6. The van der Waals surface area contributed by atoms with Gasteiger partial charge in [0.15, 0.2) is 5.75 Å². The van der Waals surface area contributed by atoms with E-state index in [2.05, 4.69) is 14.8 Å². The van der Waals surface area contributed by atoms with Crippen molar-refractivity contribution in [1.29, 1.82) is 0 Å². The Labute approximate surface area is 152 Å². The molecule has 0 atom stereocenters. The number of fused-ring (bicyclic) bond motifs is 1. The van der Waals surface area contributed by atoms with Crippen LogP contribution >= 0.6 is 23.2 Å². The van der Waals surface area contributed by atoms with Gasteiger partial charge in [0.1, 0.15) is 10.8 Å². The molecule has 0 saturated carbocycles. The zero-order valence-corrected chi connectivity index (χ0v) is 14.9. The van der Waals surface area contributed by atoms with Crippen molar-refractivity contribution in [3.8, 4) is 11.4 Å². The standard InChI is InChI=1S/C16H14Cl2F2N4O/c1-23(2)8-11-10-7-21-15(18)6-12(10)24(22-11)13-5-9(17)3-4-14(13)25-16(19)20/h3-7,16H,8H2,1-2H3. The Bertz CT molecular complexity index is 915. The van der Waals surface area contributed by atoms with E-state index in [0.29, 0.717) is 22.8 Å². The summed E-state index contributed by atoms with van der Waals surface area (Å²) in [6, 6.07) is 5.99. The number of alkyl halides is 2. The number of ether oxygens (including phenoxy) is 1. The molecule has 0 fully saturated rings. The third-order valence-electron chi connectivity index (χ3n) is 3.44. The van der Waals surface area contributed by atoms with Crippen LogP contribution in [0.2, 0.25) is 10.2 Å². The Morgan fingerprint density at radius 1 is 1.24 bits per heavy atom. The highest BCUT2D eigenvalue weighted by Crippen LogP contribution is 2.32. The van der Waals surface area contributed by atoms with Gasteiger partial charge in [-0.1, -0.05) is 23.2 Å². The van der Waals surface area contributed by atoms with Crippen LogP contribution in [-0.2, 0) is 6.54 Å². The fourth-order valence-electron chi connectivity index (χ4n) is 2.50. The molecule has 0 radical (unpaired) electrons. The fraction of sp³-hybridized carbons (Fsp3) is 0.250. The van der Waals surface area contributed by atoms with E-state index >= 15 is 0 Å². The minimum atomic E-state index is -2.96. The van der Waals surface area contributed by atoms with Gasteiger partial charge in [0, 0.05) is 29.2 Å². The SMILES string of the molecule is CN(C)Cc1nn(-c2cc(Cl)ccc2OC(F)F)c2cc(Cl)ncc12. The lowest BCUT2D eigenvalue weighted by Gasteiger charge is -2.12. The number of hydrogen-bond acceptors (Lipinski definition) is 4. The summed E-state index contributed by atoms with van der Waals surface area (Å²) >= 11 is 12.1. The van der Waals surface area contributed by atoms with E-state index in [1.807, 2.05) is 19.0 Å². The summed E-state index contributed by atoms with van der Waals surface area (Å²) in [5.74, 6) is -0.0341. The molecule has 0 amide bonds. The highest BCUT2D eigenvalue weighted by Gasteiger charge is 2.18. The van der Waals surface area contributed by atoms with E-state index in [-0.39, 0.29) is 10.9 Å². The average molecular weight is 387 g/mol. The Hall–Kier alpha value is -1.96. The summed E-state index contributed by atoms with van der Waals surface area (Å²) in [5, 5.41) is 5.94. The molecule has 0 aliphatic carbocycles. The average Bonchev–Trinajstić information content (AvgIpc) is 2.85. The van der Waals surface area contributed by atoms with E-state index in [4.69, 9.17) is 23.2 Å². The van der Waals surface area contributed by atoms with E-state index in [9.17, 15) is 8.78 Å². The Morgan fingerprint density at radius 2 is 2.00 bits per heavy atom. The maximum atomic E-state index is 12.7. The molecule has 25 heavy (non-hydrogen) atoms. The predicted octanol–water partition coefficient (Wildman–Crippen LogP) is 4.39. The molecule has 132 valence electrons. The van der Waals surface area contributed by atoms with Crippen molar-refractivity contribution >= 4 is 34.1 Å². The Morgan fingerprint density at radius 3 is 2.68 bits per heavy atom. The summed E-state index contributed by atoms with van der Waals surface area (Å²) in [5.41, 5.74) is 1.65. The van der Waals surface area contributed by atoms with E-state index < -0.39 is 6.61 Å². The summed E-state index contributed by atoms with van der Waals surface area (Å²) in [4.78, 5) is 6.03. The molecule has 2 aromatic heterocycles. The zero-order chi connectivity index (χ0) is 18.1. The third kappa shape index (κ3) is 3.84. The molecule has 2 heterocycles. The molecular formula is C16H14Cl2F2N4O. The molecule has 1 aromatic carbocycles. The first-order valence-corrected chi connectivity index (χ1v) is 8.03. The Balaban J connectivity index is 2.25. The number of nitrogens with zero attached hydrogens (tertiary/aromatic N) is 4. The van der Waals surface area contributed by atoms with Gasteiger partial charge in [-0.05, 0) is 32.3 Å². The van der Waals surface area contributed by atoms with Crippen molar-refractivity contribution in [3.63, 3.8) is 0 Å². The van der Waals surface area contributed by atoms with Gasteiger partial charge in [0.25, 0.3) is 0 Å². The molecule has 0 saturated heterocycles. The van der Waals surface area contributed by atoms with Crippen molar-refractivity contribution in [2.24, 2.45) is 0 Å². The molecule has 3 aromatic rings. The van der Waals surface area contributed by atoms with Crippen LogP contribution in [-0.4, -0.2) is 40.4 Å². The Kier molecular flexibility index (Phi) is 5.08. The van der Waals surface area contributed by atoms with Crippen molar-refractivity contribution in [2.75, 3.05) is 14.1 Å². The second-order valence-electron chi connectivity index (χ2n) is 5.61. The second-order valence-corrected chi connectivity index (χ2v) is 6.43. The molecule has 0 aliphatic rings. The molecule has 0 spiro atoms. The highest BCUT2D eigenvalue weighted by atomic mass is 35.5. The van der Waals surface area contributed by atoms with E-state index in [0.717, 1.165) is 11.1 Å². The van der Waals surface area contributed by atoms with Gasteiger partial charge in [-0.25, -0.2) is 9.67 Å². The normalized spacial score (nSPS) is 11.7. The summed E-state index contributed by atoms with van der Waals surface area (Å²) in [7, 11) is 3.80. The number of hydrogen-bond donors (Lipinski definition) is 0. The highest BCUT2D eigenvalue weighted by molar-refractivity contribution is 6.31. The van der Waals surface area contributed by atoms with Crippen LogP contribution < -0.4 is 4.74 Å². The van der Waals surface area contributed by atoms with Crippen LogP contribution in [0.25, 0.3) is 16.6 Å². The number of aromatic nitrogens is 3. The van der Waals surface area contributed by atoms with Gasteiger partial charge in [-0.15, -0.1) is 0 Å². The topological polar surface area (TPSA) is 43.2 Å². The van der Waals surface area contributed by atoms with Crippen molar-refractivity contribution in [1.82, 2.24) is 19.7 Å². The van der Waals surface area contributed by atoms with Crippen LogP contribution in [0.5, 0.6) is 5.75 Å². The summed E-state index contributed by atoms with van der Waals surface area (Å²) in [6.07, 6.45) is 1.61. The lowest BCUT2D eigenvalue weighted by Crippen LogP contribution is -2.12. The molecule has 5 nitrogen and oxygen atoms in total. The van der Waals surface area contributed by atoms with Crippen LogP contribution in [0.1, 0.15) is 5.69 Å². The largest absolute Gasteiger partial charge is 0.433 e. The molecule has 0 aliphatic heterocycles. The van der Waals surface area contributed by atoms with Crippen LogP contribution in [0, 0.1) is 0 Å². The van der Waals surface area contributed by atoms with Gasteiger partial charge in [-0.2, -0.15) is 13.9 Å². The molecule has 9 heteroatoms. The summed E-state index contributed by atoms with van der Waals surface area (Å²) in [6.45, 7) is -2.42. The number of pyridine rings is 1. The first-order valence-electron chi connectivity index (χ1n) is 7.28. The van der Waals surface area contributed by atoms with Crippen LogP contribution in [0.4, 0.5) is 8.78 Å². The van der Waals surface area contributed by atoms with Crippen molar-refractivity contribution in [3.05, 3.63) is 46.3 Å². The fourth-order valence-corrected chi connectivity index (χ4v) is 2.82. The van der Waals surface area contributed by atoms with Gasteiger partial charge in [0.2, 0.25) is 0 Å². The molecule has 0 bridgehead atoms. The zero-order valence-electron chi connectivity index (χ0n) is 13.4.